The Morgan fingerprint density at radius 1 is 1.12 bits per heavy atom. The van der Waals surface area contributed by atoms with Gasteiger partial charge in [0, 0.05) is 16.0 Å². The summed E-state index contributed by atoms with van der Waals surface area (Å²) < 4.78 is 14.8. The molecule has 0 saturated carbocycles. The number of nitrogens with two attached hydrogens (primary N) is 1. The molecule has 0 bridgehead atoms. The molecule has 0 aliphatic heterocycles. The van der Waals surface area contributed by atoms with E-state index in [1.165, 1.54) is 28.2 Å². The average Bonchev–Trinajstić information content (AvgIpc) is 3.22. The van der Waals surface area contributed by atoms with Gasteiger partial charge >= 0.3 is 0 Å². The van der Waals surface area contributed by atoms with Crippen LogP contribution in [-0.2, 0) is 0 Å². The van der Waals surface area contributed by atoms with Crippen molar-refractivity contribution in [1.82, 2.24) is 20.0 Å². The summed E-state index contributed by atoms with van der Waals surface area (Å²) in [6.45, 7) is 0. The van der Waals surface area contributed by atoms with Crippen molar-refractivity contribution in [3.05, 3.63) is 64.8 Å². The van der Waals surface area contributed by atoms with E-state index in [9.17, 15) is 4.39 Å². The second kappa shape index (κ2) is 6.27. The highest BCUT2D eigenvalue weighted by Gasteiger charge is 2.17. The summed E-state index contributed by atoms with van der Waals surface area (Å²) in [5.41, 5.74) is 8.87. The lowest BCUT2D eigenvalue weighted by molar-refractivity contribution is 0.625. The molecule has 2 aromatic heterocycles. The Morgan fingerprint density at radius 2 is 1.92 bits per heavy atom. The van der Waals surface area contributed by atoms with E-state index < -0.39 is 0 Å². The average molecular weight is 372 g/mol. The van der Waals surface area contributed by atoms with Crippen LogP contribution in [0.4, 0.5) is 10.2 Å². The number of anilines is 1. The number of hydrogen-bond donors (Lipinski definition) is 1. The predicted octanol–water partition coefficient (Wildman–Crippen LogP) is 4.43. The van der Waals surface area contributed by atoms with Gasteiger partial charge in [-0.15, -0.1) is 16.4 Å². The summed E-state index contributed by atoms with van der Waals surface area (Å²) in [7, 11) is 0. The molecule has 0 fully saturated rings. The van der Waals surface area contributed by atoms with Crippen molar-refractivity contribution < 1.29 is 4.39 Å². The highest BCUT2D eigenvalue weighted by Crippen LogP contribution is 2.31. The predicted molar refractivity (Wildman–Crippen MR) is 97.3 cm³/mol. The van der Waals surface area contributed by atoms with E-state index in [0.717, 1.165) is 11.3 Å². The van der Waals surface area contributed by atoms with Crippen LogP contribution in [0.15, 0.2) is 53.9 Å². The fraction of sp³-hybridized carbons (Fsp3) is 0. The minimum atomic E-state index is -0.367. The number of aromatic nitrogens is 4. The molecule has 2 aromatic carbocycles. The fourth-order valence-corrected chi connectivity index (χ4v) is 3.32. The van der Waals surface area contributed by atoms with E-state index in [-0.39, 0.29) is 5.82 Å². The molecule has 0 aliphatic rings. The van der Waals surface area contributed by atoms with Crippen molar-refractivity contribution in [1.29, 1.82) is 0 Å². The first-order chi connectivity index (χ1) is 12.1. The van der Waals surface area contributed by atoms with E-state index in [1.54, 1.807) is 12.1 Å². The van der Waals surface area contributed by atoms with Gasteiger partial charge in [0.25, 0.3) is 0 Å². The second-order valence-corrected chi connectivity index (χ2v) is 6.55. The third-order valence-electron chi connectivity index (χ3n) is 3.60. The highest BCUT2D eigenvalue weighted by atomic mass is 35.5. The third-order valence-corrected chi connectivity index (χ3v) is 4.71. The maximum atomic E-state index is 13.4. The number of benzene rings is 2. The monoisotopic (exact) mass is 371 g/mol. The molecule has 2 N–H and O–H groups in total. The highest BCUT2D eigenvalue weighted by molar-refractivity contribution is 7.13. The maximum absolute atomic E-state index is 13.4. The Labute approximate surface area is 151 Å². The molecule has 4 aromatic rings. The number of hydrogen-bond acceptors (Lipinski definition) is 5. The molecule has 0 unspecified atom stereocenters. The number of nitrogen functional groups attached to an aromatic ring is 1. The van der Waals surface area contributed by atoms with E-state index >= 15 is 0 Å². The molecule has 2 heterocycles. The molecule has 25 heavy (non-hydrogen) atoms. The van der Waals surface area contributed by atoms with E-state index in [1.807, 2.05) is 29.6 Å². The third kappa shape index (κ3) is 2.99. The Kier molecular flexibility index (Phi) is 3.95. The first-order valence-corrected chi connectivity index (χ1v) is 8.56. The Hall–Kier alpha value is -2.77. The van der Waals surface area contributed by atoms with Crippen molar-refractivity contribution in [3.8, 4) is 27.6 Å². The largest absolute Gasteiger partial charge is 0.382 e. The molecule has 0 radical (unpaired) electrons. The minimum Gasteiger partial charge on any atom is -0.382 e. The van der Waals surface area contributed by atoms with Crippen molar-refractivity contribution >= 4 is 28.8 Å². The molecule has 0 aliphatic carbocycles. The maximum Gasteiger partial charge on any atom is 0.165 e. The Bertz CT molecular complexity index is 1040. The van der Waals surface area contributed by atoms with Crippen LogP contribution in [0.1, 0.15) is 0 Å². The van der Waals surface area contributed by atoms with Gasteiger partial charge in [-0.25, -0.2) is 9.37 Å². The summed E-state index contributed by atoms with van der Waals surface area (Å²) in [5.74, 6) is -0.0594. The zero-order chi connectivity index (χ0) is 17.4. The lowest BCUT2D eigenvalue weighted by Crippen LogP contribution is -2.02. The SMILES string of the molecule is Nc1c(-c2nc(-c3ccc(Cl)cc3)cs2)nnn1-c1cccc(F)c1. The normalized spacial score (nSPS) is 11.0. The quantitative estimate of drug-likeness (QED) is 0.578. The van der Waals surface area contributed by atoms with E-state index in [2.05, 4.69) is 15.3 Å². The zero-order valence-electron chi connectivity index (χ0n) is 12.7. The van der Waals surface area contributed by atoms with Gasteiger partial charge < -0.3 is 5.73 Å². The molecule has 5 nitrogen and oxygen atoms in total. The van der Waals surface area contributed by atoms with Gasteiger partial charge in [0.1, 0.15) is 10.8 Å². The number of rotatable bonds is 3. The molecule has 0 amide bonds. The Balaban J connectivity index is 1.71. The van der Waals surface area contributed by atoms with Crippen LogP contribution < -0.4 is 5.73 Å². The zero-order valence-corrected chi connectivity index (χ0v) is 14.3. The standard InChI is InChI=1S/C17H11ClFN5S/c18-11-6-4-10(5-7-11)14-9-25-17(21-14)15-16(20)24(23-22-15)13-3-1-2-12(19)8-13/h1-9H,20H2. The van der Waals surface area contributed by atoms with Crippen LogP contribution in [0.2, 0.25) is 5.02 Å². The molecule has 0 saturated heterocycles. The smallest absolute Gasteiger partial charge is 0.165 e. The van der Waals surface area contributed by atoms with Gasteiger partial charge in [-0.05, 0) is 30.3 Å². The van der Waals surface area contributed by atoms with Crippen LogP contribution in [0.25, 0.3) is 27.6 Å². The minimum absolute atomic E-state index is 0.308. The van der Waals surface area contributed by atoms with Gasteiger partial charge in [-0.2, -0.15) is 4.68 Å². The van der Waals surface area contributed by atoms with Crippen molar-refractivity contribution in [2.75, 3.05) is 5.73 Å². The van der Waals surface area contributed by atoms with E-state index in [0.29, 0.717) is 27.2 Å². The van der Waals surface area contributed by atoms with E-state index in [4.69, 9.17) is 17.3 Å². The topological polar surface area (TPSA) is 69.6 Å². The van der Waals surface area contributed by atoms with Crippen molar-refractivity contribution in [3.63, 3.8) is 0 Å². The van der Waals surface area contributed by atoms with Crippen LogP contribution in [0.3, 0.4) is 0 Å². The molecular formula is C17H11ClFN5S. The van der Waals surface area contributed by atoms with Gasteiger partial charge in [-0.3, -0.25) is 0 Å². The lowest BCUT2D eigenvalue weighted by atomic mass is 10.2. The molecule has 0 atom stereocenters. The lowest BCUT2D eigenvalue weighted by Gasteiger charge is -2.02. The number of halogens is 2. The summed E-state index contributed by atoms with van der Waals surface area (Å²) in [6, 6.07) is 13.4. The first kappa shape index (κ1) is 15.7. The van der Waals surface area contributed by atoms with Gasteiger partial charge in [0.15, 0.2) is 11.5 Å². The summed E-state index contributed by atoms with van der Waals surface area (Å²) in [5, 5.41) is 11.4. The Morgan fingerprint density at radius 3 is 2.68 bits per heavy atom. The van der Waals surface area contributed by atoms with Gasteiger partial charge in [0.05, 0.1) is 11.4 Å². The summed E-state index contributed by atoms with van der Waals surface area (Å²) in [6.07, 6.45) is 0. The second-order valence-electron chi connectivity index (χ2n) is 5.26. The van der Waals surface area contributed by atoms with Gasteiger partial charge in [-0.1, -0.05) is 35.0 Å². The molecule has 0 spiro atoms. The van der Waals surface area contributed by atoms with Crippen LogP contribution in [0, 0.1) is 5.82 Å². The van der Waals surface area contributed by atoms with Crippen LogP contribution in [0.5, 0.6) is 0 Å². The molecule has 8 heteroatoms. The summed E-state index contributed by atoms with van der Waals surface area (Å²) in [4.78, 5) is 4.57. The molecule has 124 valence electrons. The fourth-order valence-electron chi connectivity index (χ4n) is 2.38. The number of nitrogens with zero attached hydrogens (tertiary/aromatic N) is 4. The molecule has 4 rings (SSSR count). The first-order valence-electron chi connectivity index (χ1n) is 7.31. The van der Waals surface area contributed by atoms with Crippen molar-refractivity contribution in [2.45, 2.75) is 0 Å². The molecular weight excluding hydrogens is 361 g/mol. The summed E-state index contributed by atoms with van der Waals surface area (Å²) >= 11 is 7.32. The van der Waals surface area contributed by atoms with Crippen molar-refractivity contribution in [2.24, 2.45) is 0 Å². The van der Waals surface area contributed by atoms with Crippen LogP contribution in [-0.4, -0.2) is 20.0 Å². The number of thiazole rings is 1. The van der Waals surface area contributed by atoms with Gasteiger partial charge in [0.2, 0.25) is 0 Å². The van der Waals surface area contributed by atoms with Crippen LogP contribution >= 0.6 is 22.9 Å².